The van der Waals surface area contributed by atoms with E-state index in [0.717, 1.165) is 0 Å². The number of aliphatic hydroxyl groups is 1. The molecule has 0 saturated heterocycles. The molecule has 1 aromatic carbocycles. The molecule has 2 rings (SSSR count). The molecule has 5 N–H and O–H groups in total. The van der Waals surface area contributed by atoms with Crippen molar-refractivity contribution in [2.24, 2.45) is 0 Å². The molecule has 2 bridgehead atoms. The first-order chi connectivity index (χ1) is 6.94. The first kappa shape index (κ1) is 9.87. The van der Waals surface area contributed by atoms with Crippen molar-refractivity contribution in [3.63, 3.8) is 0 Å². The van der Waals surface area contributed by atoms with E-state index in [2.05, 4.69) is 8.37 Å². The van der Waals surface area contributed by atoms with E-state index in [-0.39, 0.29) is 28.4 Å². The average Bonchev–Trinajstić information content (AvgIpc) is 2.10. The summed E-state index contributed by atoms with van der Waals surface area (Å²) in [7, 11) is -4.15. The lowest BCUT2D eigenvalue weighted by atomic mass is 10.1. The minimum atomic E-state index is -4.15. The largest absolute Gasteiger partial charge is 0.501 e. The van der Waals surface area contributed by atoms with E-state index in [9.17, 15) is 8.42 Å². The smallest absolute Gasteiger partial charge is 0.398 e. The van der Waals surface area contributed by atoms with Crippen LogP contribution in [-0.2, 0) is 17.0 Å². The lowest BCUT2D eigenvalue weighted by Gasteiger charge is -2.21. The molecule has 0 atom stereocenters. The van der Waals surface area contributed by atoms with Gasteiger partial charge in [-0.15, -0.1) is 8.42 Å². The third-order valence-electron chi connectivity index (χ3n) is 1.95. The van der Waals surface area contributed by atoms with Gasteiger partial charge in [-0.2, -0.15) is 0 Å². The van der Waals surface area contributed by atoms with Crippen LogP contribution in [0.5, 0.6) is 11.5 Å². The van der Waals surface area contributed by atoms with Gasteiger partial charge in [-0.3, -0.25) is 0 Å². The number of fused-ring (bicyclic) bond motifs is 2. The molecule has 1 heterocycles. The predicted octanol–water partition coefficient (Wildman–Crippen LogP) is -0.641. The van der Waals surface area contributed by atoms with Crippen LogP contribution in [0.4, 0.5) is 11.4 Å². The van der Waals surface area contributed by atoms with Crippen molar-refractivity contribution in [1.29, 1.82) is 0 Å². The van der Waals surface area contributed by atoms with Crippen LogP contribution in [0.25, 0.3) is 0 Å². The minimum Gasteiger partial charge on any atom is -0.398 e. The van der Waals surface area contributed by atoms with E-state index in [4.69, 9.17) is 16.6 Å². The fourth-order valence-electron chi connectivity index (χ4n) is 1.27. The fraction of sp³-hybridized carbons (Fsp3) is 0.143. The molecule has 1 aliphatic heterocycles. The minimum absolute atomic E-state index is 0.00285. The highest BCUT2D eigenvalue weighted by atomic mass is 32.3. The second-order valence-electron chi connectivity index (χ2n) is 2.92. The summed E-state index contributed by atoms with van der Waals surface area (Å²) in [4.78, 5) is 0. The van der Waals surface area contributed by atoms with Crippen LogP contribution in [0.15, 0.2) is 6.07 Å². The Balaban J connectivity index is 2.73. The predicted molar refractivity (Wildman–Crippen MR) is 51.4 cm³/mol. The monoisotopic (exact) mass is 232 g/mol. The molecule has 0 spiro atoms. The maximum absolute atomic E-state index is 11.1. The Labute approximate surface area is 85.5 Å². The summed E-state index contributed by atoms with van der Waals surface area (Å²) in [5, 5.41) is 8.99. The molecular weight excluding hydrogens is 224 g/mol. The van der Waals surface area contributed by atoms with Gasteiger partial charge in [0.05, 0.1) is 6.61 Å². The summed E-state index contributed by atoms with van der Waals surface area (Å²) in [5.41, 5.74) is 11.3. The van der Waals surface area contributed by atoms with E-state index in [1.54, 1.807) is 0 Å². The third kappa shape index (κ3) is 1.43. The summed E-state index contributed by atoms with van der Waals surface area (Å²) in [6.45, 7) is -0.471. The average molecular weight is 232 g/mol. The van der Waals surface area contributed by atoms with Gasteiger partial charge in [0.25, 0.3) is 0 Å². The molecule has 0 aliphatic carbocycles. The molecule has 82 valence electrons. The van der Waals surface area contributed by atoms with E-state index in [1.807, 2.05) is 0 Å². The Morgan fingerprint density at radius 1 is 1.33 bits per heavy atom. The maximum atomic E-state index is 11.1. The first-order valence-corrected chi connectivity index (χ1v) is 5.23. The number of aliphatic hydroxyl groups excluding tert-OH is 1. The van der Waals surface area contributed by atoms with Gasteiger partial charge in [0.2, 0.25) is 0 Å². The van der Waals surface area contributed by atoms with Crippen LogP contribution in [-0.4, -0.2) is 13.5 Å². The number of hydrogen-bond acceptors (Lipinski definition) is 7. The van der Waals surface area contributed by atoms with Crippen molar-refractivity contribution in [2.75, 3.05) is 11.5 Å². The van der Waals surface area contributed by atoms with Gasteiger partial charge < -0.3 is 24.9 Å². The summed E-state index contributed by atoms with van der Waals surface area (Å²) < 4.78 is 31.1. The van der Waals surface area contributed by atoms with Gasteiger partial charge in [-0.25, -0.2) is 0 Å². The molecule has 7 nitrogen and oxygen atoms in total. The topological polar surface area (TPSA) is 125 Å². The van der Waals surface area contributed by atoms with E-state index in [1.165, 1.54) is 6.07 Å². The van der Waals surface area contributed by atoms with Crippen molar-refractivity contribution >= 4 is 21.8 Å². The second-order valence-corrected chi connectivity index (χ2v) is 4.07. The summed E-state index contributed by atoms with van der Waals surface area (Å²) >= 11 is 0. The molecule has 8 heteroatoms. The van der Waals surface area contributed by atoms with Crippen LogP contribution in [0, 0.1) is 0 Å². The Morgan fingerprint density at radius 3 is 2.60 bits per heavy atom. The Morgan fingerprint density at radius 2 is 2.00 bits per heavy atom. The van der Waals surface area contributed by atoms with Gasteiger partial charge >= 0.3 is 10.4 Å². The van der Waals surface area contributed by atoms with Crippen molar-refractivity contribution in [3.8, 4) is 11.5 Å². The van der Waals surface area contributed by atoms with Crippen LogP contribution in [0.3, 0.4) is 0 Å². The van der Waals surface area contributed by atoms with E-state index < -0.39 is 17.0 Å². The SMILES string of the molecule is Nc1cc2c(N)c(c1CO)OS(=O)(=O)O2. The first-order valence-electron chi connectivity index (χ1n) is 3.90. The molecule has 0 amide bonds. The van der Waals surface area contributed by atoms with Crippen molar-refractivity contribution in [1.82, 2.24) is 0 Å². The second kappa shape index (κ2) is 2.91. The van der Waals surface area contributed by atoms with Crippen molar-refractivity contribution < 1.29 is 21.9 Å². The number of nitrogen functional groups attached to an aromatic ring is 2. The van der Waals surface area contributed by atoms with E-state index >= 15 is 0 Å². The zero-order valence-electron chi connectivity index (χ0n) is 7.43. The Hall–Kier alpha value is -1.67. The summed E-state index contributed by atoms with van der Waals surface area (Å²) in [6.07, 6.45) is 0. The molecule has 1 aliphatic rings. The number of anilines is 2. The fourth-order valence-corrected chi connectivity index (χ4v) is 2.05. The molecule has 0 unspecified atom stereocenters. The zero-order valence-corrected chi connectivity index (χ0v) is 8.24. The molecule has 0 fully saturated rings. The molecule has 0 aromatic heterocycles. The van der Waals surface area contributed by atoms with Crippen LogP contribution in [0.2, 0.25) is 0 Å². The number of rotatable bonds is 1. The number of hydrogen-bond donors (Lipinski definition) is 3. The quantitative estimate of drug-likeness (QED) is 0.550. The summed E-state index contributed by atoms with van der Waals surface area (Å²) in [6, 6.07) is 1.23. The lowest BCUT2D eigenvalue weighted by molar-refractivity contribution is 0.277. The van der Waals surface area contributed by atoms with Gasteiger partial charge in [0.1, 0.15) is 5.69 Å². The Bertz CT molecular complexity index is 525. The number of benzene rings is 1. The van der Waals surface area contributed by atoms with Gasteiger partial charge in [0, 0.05) is 17.3 Å². The zero-order chi connectivity index (χ0) is 11.2. The highest BCUT2D eigenvalue weighted by Crippen LogP contribution is 2.43. The molecule has 0 saturated carbocycles. The normalized spacial score (nSPS) is 16.6. The number of nitrogens with two attached hydrogens (primary N) is 2. The van der Waals surface area contributed by atoms with Gasteiger partial charge in [-0.1, -0.05) is 0 Å². The molecule has 1 aromatic rings. The highest BCUT2D eigenvalue weighted by molar-refractivity contribution is 7.82. The van der Waals surface area contributed by atoms with Crippen molar-refractivity contribution in [2.45, 2.75) is 6.61 Å². The molecule has 0 radical (unpaired) electrons. The highest BCUT2D eigenvalue weighted by Gasteiger charge is 2.30. The maximum Gasteiger partial charge on any atom is 0.501 e. The van der Waals surface area contributed by atoms with Crippen LogP contribution < -0.4 is 19.8 Å². The lowest BCUT2D eigenvalue weighted by Crippen LogP contribution is -2.23. The van der Waals surface area contributed by atoms with Gasteiger partial charge in [-0.05, 0) is 0 Å². The van der Waals surface area contributed by atoms with Crippen LogP contribution >= 0.6 is 0 Å². The van der Waals surface area contributed by atoms with E-state index in [0.29, 0.717) is 0 Å². The van der Waals surface area contributed by atoms with Crippen LogP contribution in [0.1, 0.15) is 5.56 Å². The summed E-state index contributed by atoms with van der Waals surface area (Å²) in [5.74, 6) is -0.260. The van der Waals surface area contributed by atoms with Gasteiger partial charge in [0.15, 0.2) is 11.5 Å². The molecule has 15 heavy (non-hydrogen) atoms. The van der Waals surface area contributed by atoms with Crippen molar-refractivity contribution in [3.05, 3.63) is 11.6 Å². The Kier molecular flexibility index (Phi) is 1.91. The standard InChI is InChI=1S/C7H8N2O5S/c8-4-1-5-6(9)7(3(4)2-10)14-15(11,12)13-5/h1,10H,2,8-9H2. The molecular formula is C7H8N2O5S. The third-order valence-corrected chi connectivity index (χ3v) is 2.71.